The van der Waals surface area contributed by atoms with Crippen LogP contribution in [-0.4, -0.2) is 61.6 Å². The van der Waals surface area contributed by atoms with Crippen LogP contribution in [0.3, 0.4) is 0 Å². The molecule has 0 aliphatic rings. The molecule has 0 aliphatic carbocycles. The van der Waals surface area contributed by atoms with Gasteiger partial charge in [0.05, 0.1) is 33.3 Å². The number of nitrogens with zero attached hydrogens (tertiary/aromatic N) is 5. The first kappa shape index (κ1) is 27.7. The summed E-state index contributed by atoms with van der Waals surface area (Å²) in [7, 11) is 1.53. The van der Waals surface area contributed by atoms with Crippen LogP contribution in [0, 0.1) is 0 Å². The second-order valence-corrected chi connectivity index (χ2v) is 11.1. The van der Waals surface area contributed by atoms with Crippen molar-refractivity contribution < 1.29 is 31.9 Å². The lowest BCUT2D eigenvalue weighted by Gasteiger charge is -2.14. The number of benzene rings is 2. The predicted molar refractivity (Wildman–Crippen MR) is 155 cm³/mol. The lowest BCUT2D eigenvalue weighted by Crippen LogP contribution is -2.06. The van der Waals surface area contributed by atoms with E-state index in [4.69, 9.17) is 23.5 Å². The topological polar surface area (TPSA) is 140 Å². The van der Waals surface area contributed by atoms with E-state index in [0.717, 1.165) is 11.1 Å². The standard InChI is InChI=1S/C30H25N5O7S/c1-38-21-7-5-19(6-8-21)23-15-24(42-34-23)27-29(30-32-16-20(17-35(30)33-27)18-9-11-31-12-10-18)43(36,37)22-13-25(39-2)28(41-4)26(14-22)40-3/h5-17H,1-4H3. The summed E-state index contributed by atoms with van der Waals surface area (Å²) in [6.07, 6.45) is 6.58. The molecule has 0 bridgehead atoms. The van der Waals surface area contributed by atoms with Crippen LogP contribution >= 0.6 is 0 Å². The molecule has 0 saturated heterocycles. The van der Waals surface area contributed by atoms with Crippen molar-refractivity contribution in [1.82, 2.24) is 24.7 Å². The average Bonchev–Trinajstić information content (AvgIpc) is 3.70. The summed E-state index contributed by atoms with van der Waals surface area (Å²) in [5.74, 6) is 1.42. The van der Waals surface area contributed by atoms with Crippen molar-refractivity contribution in [3.63, 3.8) is 0 Å². The van der Waals surface area contributed by atoms with E-state index in [1.807, 2.05) is 24.3 Å². The van der Waals surface area contributed by atoms with Gasteiger partial charge in [0.15, 0.2) is 28.6 Å². The highest BCUT2D eigenvalue weighted by molar-refractivity contribution is 7.91. The molecule has 6 rings (SSSR count). The van der Waals surface area contributed by atoms with E-state index in [0.29, 0.717) is 17.0 Å². The van der Waals surface area contributed by atoms with E-state index in [1.165, 1.54) is 38.0 Å². The van der Waals surface area contributed by atoms with Crippen LogP contribution in [0.2, 0.25) is 0 Å². The Morgan fingerprint density at radius 2 is 1.49 bits per heavy atom. The molecule has 218 valence electrons. The Hall–Kier alpha value is -5.43. The average molecular weight is 600 g/mol. The van der Waals surface area contributed by atoms with Gasteiger partial charge in [0.25, 0.3) is 0 Å². The van der Waals surface area contributed by atoms with Gasteiger partial charge in [0.2, 0.25) is 15.6 Å². The number of aromatic nitrogens is 5. The highest BCUT2D eigenvalue weighted by atomic mass is 32.2. The van der Waals surface area contributed by atoms with Gasteiger partial charge in [-0.3, -0.25) is 4.98 Å². The van der Waals surface area contributed by atoms with Gasteiger partial charge in [-0.25, -0.2) is 17.9 Å². The van der Waals surface area contributed by atoms with Crippen molar-refractivity contribution in [2.75, 3.05) is 28.4 Å². The Kier molecular flexibility index (Phi) is 7.16. The van der Waals surface area contributed by atoms with Crippen molar-refractivity contribution in [3.05, 3.63) is 79.4 Å². The zero-order valence-electron chi connectivity index (χ0n) is 23.5. The lowest BCUT2D eigenvalue weighted by atomic mass is 10.1. The number of ether oxygens (including phenoxy) is 4. The van der Waals surface area contributed by atoms with E-state index in [9.17, 15) is 8.42 Å². The molecule has 0 spiro atoms. The van der Waals surface area contributed by atoms with Crippen LogP contribution in [0.15, 0.2) is 93.7 Å². The molecule has 43 heavy (non-hydrogen) atoms. The highest BCUT2D eigenvalue weighted by Gasteiger charge is 2.33. The molecule has 13 heteroatoms. The SMILES string of the molecule is COc1ccc(-c2cc(-c3nn4cc(-c5ccncc5)cnc4c3S(=O)(=O)c3cc(OC)c(OC)c(OC)c3)on2)cc1. The van der Waals surface area contributed by atoms with Gasteiger partial charge in [-0.05, 0) is 42.0 Å². The maximum Gasteiger partial charge on any atom is 0.212 e. The van der Waals surface area contributed by atoms with E-state index < -0.39 is 9.84 Å². The Morgan fingerprint density at radius 1 is 0.791 bits per heavy atom. The van der Waals surface area contributed by atoms with Gasteiger partial charge in [0.1, 0.15) is 16.3 Å². The Bertz CT molecular complexity index is 2010. The summed E-state index contributed by atoms with van der Waals surface area (Å²) in [5.41, 5.74) is 2.88. The van der Waals surface area contributed by atoms with Gasteiger partial charge < -0.3 is 23.5 Å². The molecule has 0 aliphatic heterocycles. The molecule has 0 unspecified atom stereocenters. The van der Waals surface area contributed by atoms with Crippen LogP contribution in [0.25, 0.3) is 39.5 Å². The van der Waals surface area contributed by atoms with Gasteiger partial charge in [-0.2, -0.15) is 5.10 Å². The first-order valence-corrected chi connectivity index (χ1v) is 14.3. The summed E-state index contributed by atoms with van der Waals surface area (Å²) in [6, 6.07) is 15.2. The summed E-state index contributed by atoms with van der Waals surface area (Å²) in [4.78, 5) is 8.30. The maximum absolute atomic E-state index is 14.4. The fourth-order valence-electron chi connectivity index (χ4n) is 4.63. The highest BCUT2D eigenvalue weighted by Crippen LogP contribution is 2.43. The number of rotatable bonds is 9. The lowest BCUT2D eigenvalue weighted by molar-refractivity contribution is 0.323. The molecule has 0 radical (unpaired) electrons. The minimum Gasteiger partial charge on any atom is -0.497 e. The predicted octanol–water partition coefficient (Wildman–Crippen LogP) is 4.98. The normalized spacial score (nSPS) is 11.4. The minimum atomic E-state index is -4.31. The molecule has 4 heterocycles. The first-order valence-electron chi connectivity index (χ1n) is 12.8. The van der Waals surface area contributed by atoms with E-state index in [1.54, 1.807) is 50.1 Å². The number of fused-ring (bicyclic) bond motifs is 1. The van der Waals surface area contributed by atoms with E-state index in [2.05, 4.69) is 20.2 Å². The van der Waals surface area contributed by atoms with Gasteiger partial charge in [-0.15, -0.1) is 0 Å². The molecule has 0 N–H and O–H groups in total. The molecular formula is C30H25N5O7S. The van der Waals surface area contributed by atoms with Gasteiger partial charge in [-0.1, -0.05) is 5.16 Å². The van der Waals surface area contributed by atoms with Crippen molar-refractivity contribution in [1.29, 1.82) is 0 Å². The molecule has 0 atom stereocenters. The molecule has 12 nitrogen and oxygen atoms in total. The number of methoxy groups -OCH3 is 4. The van der Waals surface area contributed by atoms with Crippen molar-refractivity contribution in [2.24, 2.45) is 0 Å². The molecule has 0 amide bonds. The fourth-order valence-corrected chi connectivity index (χ4v) is 6.17. The Balaban J connectivity index is 1.56. The number of hydrogen-bond acceptors (Lipinski definition) is 11. The third kappa shape index (κ3) is 4.89. The minimum absolute atomic E-state index is 0.0281. The summed E-state index contributed by atoms with van der Waals surface area (Å²) < 4.78 is 57.4. The number of pyridine rings is 1. The van der Waals surface area contributed by atoms with Crippen LogP contribution in [0.1, 0.15) is 0 Å². The Morgan fingerprint density at radius 3 is 2.12 bits per heavy atom. The monoisotopic (exact) mass is 599 g/mol. The zero-order valence-corrected chi connectivity index (χ0v) is 24.3. The first-order chi connectivity index (χ1) is 20.9. The molecular weight excluding hydrogens is 574 g/mol. The quantitative estimate of drug-likeness (QED) is 0.222. The third-order valence-corrected chi connectivity index (χ3v) is 8.56. The smallest absolute Gasteiger partial charge is 0.212 e. The van der Waals surface area contributed by atoms with E-state index >= 15 is 0 Å². The van der Waals surface area contributed by atoms with Crippen LogP contribution in [0.5, 0.6) is 23.0 Å². The number of sulfone groups is 1. The summed E-state index contributed by atoms with van der Waals surface area (Å²) >= 11 is 0. The summed E-state index contributed by atoms with van der Waals surface area (Å²) in [5, 5.41) is 8.82. The maximum atomic E-state index is 14.4. The molecule has 0 fully saturated rings. The third-order valence-electron chi connectivity index (χ3n) is 6.79. The molecule has 0 saturated carbocycles. The van der Waals surface area contributed by atoms with Crippen molar-refractivity contribution in [2.45, 2.75) is 9.79 Å². The zero-order chi connectivity index (χ0) is 30.1. The molecule has 4 aromatic heterocycles. The second-order valence-electron chi connectivity index (χ2n) is 9.19. The Labute approximate surface area is 246 Å². The van der Waals surface area contributed by atoms with Crippen LogP contribution < -0.4 is 18.9 Å². The van der Waals surface area contributed by atoms with Crippen LogP contribution in [-0.2, 0) is 9.84 Å². The fraction of sp³-hybridized carbons (Fsp3) is 0.133. The van der Waals surface area contributed by atoms with Gasteiger partial charge in [0, 0.05) is 54.1 Å². The number of hydrogen-bond donors (Lipinski definition) is 0. The second kappa shape index (κ2) is 11.1. The van der Waals surface area contributed by atoms with Crippen molar-refractivity contribution in [3.8, 4) is 56.8 Å². The molecule has 6 aromatic rings. The largest absolute Gasteiger partial charge is 0.497 e. The van der Waals surface area contributed by atoms with E-state index in [-0.39, 0.29) is 44.1 Å². The summed E-state index contributed by atoms with van der Waals surface area (Å²) in [6.45, 7) is 0. The van der Waals surface area contributed by atoms with Crippen LogP contribution in [0.4, 0.5) is 0 Å². The molecule has 2 aromatic carbocycles. The van der Waals surface area contributed by atoms with Crippen molar-refractivity contribution >= 4 is 15.5 Å². The van der Waals surface area contributed by atoms with Gasteiger partial charge >= 0.3 is 0 Å².